The summed E-state index contributed by atoms with van der Waals surface area (Å²) in [6.45, 7) is 3.84. The molecule has 0 aliphatic carbocycles. The number of ketones is 1. The quantitative estimate of drug-likeness (QED) is 0.443. The van der Waals surface area contributed by atoms with E-state index in [0.717, 1.165) is 11.3 Å². The van der Waals surface area contributed by atoms with Gasteiger partial charge in [-0.1, -0.05) is 18.2 Å². The number of rotatable bonds is 7. The van der Waals surface area contributed by atoms with Crippen molar-refractivity contribution in [1.29, 1.82) is 0 Å². The van der Waals surface area contributed by atoms with Gasteiger partial charge in [-0.25, -0.2) is 0 Å². The van der Waals surface area contributed by atoms with Crippen LogP contribution in [0.4, 0.5) is 11.4 Å². The van der Waals surface area contributed by atoms with Crippen LogP contribution < -0.4 is 15.8 Å². The molecule has 3 N–H and O–H groups in total. The summed E-state index contributed by atoms with van der Waals surface area (Å²) in [5, 5.41) is 2.85. The highest BCUT2D eigenvalue weighted by atomic mass is 35.5. The molecule has 2 rings (SSSR count). The molecule has 2 aromatic carbocycles. The minimum Gasteiger partial charge on any atom is -0.494 e. The van der Waals surface area contributed by atoms with E-state index in [1.165, 1.54) is 6.92 Å². The van der Waals surface area contributed by atoms with Crippen LogP contribution in [0.25, 0.3) is 0 Å². The maximum Gasteiger partial charge on any atom is 0.224 e. The lowest BCUT2D eigenvalue weighted by Gasteiger charge is -2.10. The molecule has 6 heteroatoms. The molecule has 0 aromatic heterocycles. The van der Waals surface area contributed by atoms with Gasteiger partial charge in [0.25, 0.3) is 0 Å². The average molecular weight is 363 g/mol. The molecule has 0 bridgehead atoms. The Morgan fingerprint density at radius 2 is 1.92 bits per heavy atom. The normalized spacial score (nSPS) is 9.84. The zero-order valence-corrected chi connectivity index (χ0v) is 15.2. The minimum atomic E-state index is -0.0789. The van der Waals surface area contributed by atoms with Crippen LogP contribution in [0.15, 0.2) is 42.5 Å². The molecule has 0 heterocycles. The van der Waals surface area contributed by atoms with Gasteiger partial charge in [0, 0.05) is 23.4 Å². The molecule has 0 saturated carbocycles. The summed E-state index contributed by atoms with van der Waals surface area (Å²) in [5.41, 5.74) is 8.66. The van der Waals surface area contributed by atoms with Crippen LogP contribution in [-0.4, -0.2) is 18.3 Å². The van der Waals surface area contributed by atoms with Crippen LogP contribution >= 0.6 is 12.4 Å². The van der Waals surface area contributed by atoms with Gasteiger partial charge in [0.05, 0.1) is 6.61 Å². The van der Waals surface area contributed by atoms with Gasteiger partial charge in [-0.15, -0.1) is 12.4 Å². The van der Waals surface area contributed by atoms with Gasteiger partial charge in [-0.2, -0.15) is 0 Å². The first kappa shape index (κ1) is 20.5. The van der Waals surface area contributed by atoms with Crippen LogP contribution in [0.3, 0.4) is 0 Å². The zero-order valence-electron chi connectivity index (χ0n) is 14.4. The Balaban J connectivity index is 0.00000312. The fraction of sp³-hybridized carbons (Fsp3) is 0.263. The highest BCUT2D eigenvalue weighted by molar-refractivity contribution is 5.94. The second kappa shape index (κ2) is 9.69. The molecule has 0 atom stereocenters. The molecule has 0 spiro atoms. The maximum absolute atomic E-state index is 12.0. The van der Waals surface area contributed by atoms with E-state index >= 15 is 0 Å². The van der Waals surface area contributed by atoms with Crippen LogP contribution in [0.2, 0.25) is 0 Å². The largest absolute Gasteiger partial charge is 0.494 e. The van der Waals surface area contributed by atoms with Gasteiger partial charge in [0.1, 0.15) is 5.75 Å². The fourth-order valence-corrected chi connectivity index (χ4v) is 2.21. The second-order valence-electron chi connectivity index (χ2n) is 5.66. The average Bonchev–Trinajstić information content (AvgIpc) is 2.55. The monoisotopic (exact) mass is 362 g/mol. The minimum absolute atomic E-state index is 0. The lowest BCUT2D eigenvalue weighted by Crippen LogP contribution is -2.13. The van der Waals surface area contributed by atoms with Crippen LogP contribution in [0.1, 0.15) is 35.7 Å². The zero-order chi connectivity index (χ0) is 17.5. The number of carbonyl (C=O) groups is 2. The van der Waals surface area contributed by atoms with Crippen LogP contribution in [0.5, 0.6) is 5.75 Å². The molecular formula is C19H23ClN2O3. The maximum atomic E-state index is 12.0. The van der Waals surface area contributed by atoms with Crippen molar-refractivity contribution in [3.8, 4) is 5.75 Å². The van der Waals surface area contributed by atoms with Gasteiger partial charge >= 0.3 is 0 Å². The predicted octanol–water partition coefficient (Wildman–Crippen LogP) is 4.00. The molecular weight excluding hydrogens is 340 g/mol. The molecule has 1 amide bonds. The highest BCUT2D eigenvalue weighted by Gasteiger charge is 2.06. The third-order valence-electron chi connectivity index (χ3n) is 3.59. The van der Waals surface area contributed by atoms with Crippen LogP contribution in [-0.2, 0) is 4.79 Å². The number of hydrogen-bond acceptors (Lipinski definition) is 4. The summed E-state index contributed by atoms with van der Waals surface area (Å²) in [6.07, 6.45) is 0.929. The van der Waals surface area contributed by atoms with Gasteiger partial charge in [0.2, 0.25) is 5.91 Å². The van der Waals surface area contributed by atoms with E-state index in [9.17, 15) is 9.59 Å². The van der Waals surface area contributed by atoms with Crippen molar-refractivity contribution in [2.45, 2.75) is 26.7 Å². The molecule has 0 saturated heterocycles. The number of amides is 1. The van der Waals surface area contributed by atoms with Crippen molar-refractivity contribution in [2.75, 3.05) is 17.7 Å². The van der Waals surface area contributed by atoms with Crippen molar-refractivity contribution >= 4 is 35.5 Å². The summed E-state index contributed by atoms with van der Waals surface area (Å²) in [4.78, 5) is 23.3. The first-order chi connectivity index (χ1) is 11.5. The topological polar surface area (TPSA) is 81.4 Å². The lowest BCUT2D eigenvalue weighted by atomic mass is 10.1. The van der Waals surface area contributed by atoms with E-state index in [2.05, 4.69) is 5.32 Å². The van der Waals surface area contributed by atoms with E-state index in [-0.39, 0.29) is 24.1 Å². The highest BCUT2D eigenvalue weighted by Crippen LogP contribution is 2.18. The number of halogens is 1. The van der Waals surface area contributed by atoms with E-state index in [0.29, 0.717) is 36.4 Å². The van der Waals surface area contributed by atoms with Gasteiger partial charge < -0.3 is 15.8 Å². The Morgan fingerprint density at radius 3 is 2.64 bits per heavy atom. The van der Waals surface area contributed by atoms with Crippen molar-refractivity contribution in [1.82, 2.24) is 0 Å². The Morgan fingerprint density at radius 1 is 1.16 bits per heavy atom. The number of aryl methyl sites for hydroxylation is 1. The molecule has 0 aliphatic rings. The molecule has 2 aromatic rings. The molecule has 0 aliphatic heterocycles. The summed E-state index contributed by atoms with van der Waals surface area (Å²) < 4.78 is 5.59. The van der Waals surface area contributed by atoms with Crippen molar-refractivity contribution in [3.63, 3.8) is 0 Å². The Kier molecular flexibility index (Phi) is 7.95. The van der Waals surface area contributed by atoms with Gasteiger partial charge in [-0.05, 0) is 50.1 Å². The summed E-state index contributed by atoms with van der Waals surface area (Å²) >= 11 is 0. The SMILES string of the molecule is CC(=O)c1cccc(OCCCC(=O)Nc2cc(N)ccc2C)c1.Cl. The summed E-state index contributed by atoms with van der Waals surface area (Å²) in [7, 11) is 0. The van der Waals surface area contributed by atoms with E-state index in [4.69, 9.17) is 10.5 Å². The summed E-state index contributed by atoms with van der Waals surface area (Å²) in [5.74, 6) is 0.553. The van der Waals surface area contributed by atoms with Crippen molar-refractivity contribution in [3.05, 3.63) is 53.6 Å². The van der Waals surface area contributed by atoms with Crippen LogP contribution in [0, 0.1) is 6.92 Å². The Bertz CT molecular complexity index is 747. The Labute approximate surface area is 154 Å². The third-order valence-corrected chi connectivity index (χ3v) is 3.59. The molecule has 0 unspecified atom stereocenters. The number of ether oxygens (including phenoxy) is 1. The number of nitrogens with two attached hydrogens (primary N) is 1. The second-order valence-corrected chi connectivity index (χ2v) is 5.66. The first-order valence-electron chi connectivity index (χ1n) is 7.85. The summed E-state index contributed by atoms with van der Waals surface area (Å²) in [6, 6.07) is 12.4. The molecule has 0 radical (unpaired) electrons. The first-order valence-corrected chi connectivity index (χ1v) is 7.85. The number of nitrogens with one attached hydrogen (secondary N) is 1. The van der Waals surface area contributed by atoms with Gasteiger partial charge in [-0.3, -0.25) is 9.59 Å². The van der Waals surface area contributed by atoms with Gasteiger partial charge in [0.15, 0.2) is 5.78 Å². The molecule has 0 fully saturated rings. The van der Waals surface area contributed by atoms with Crippen molar-refractivity contribution < 1.29 is 14.3 Å². The van der Waals surface area contributed by atoms with Crippen molar-refractivity contribution in [2.24, 2.45) is 0 Å². The fourth-order valence-electron chi connectivity index (χ4n) is 2.21. The standard InChI is InChI=1S/C19H22N2O3.ClH/c1-13-8-9-16(20)12-18(13)21-19(23)7-4-10-24-17-6-3-5-15(11-17)14(2)22;/h3,5-6,8-9,11-12H,4,7,10,20H2,1-2H3,(H,21,23);1H. The molecule has 5 nitrogen and oxygen atoms in total. The van der Waals surface area contributed by atoms with E-state index in [1.54, 1.807) is 36.4 Å². The molecule has 134 valence electrons. The van der Waals surface area contributed by atoms with E-state index < -0.39 is 0 Å². The predicted molar refractivity (Wildman–Crippen MR) is 103 cm³/mol. The smallest absolute Gasteiger partial charge is 0.224 e. The van der Waals surface area contributed by atoms with E-state index in [1.807, 2.05) is 13.0 Å². The lowest BCUT2D eigenvalue weighted by molar-refractivity contribution is -0.116. The number of Topliss-reactive ketones (excluding diaryl/α,β-unsaturated/α-hetero) is 1. The number of benzene rings is 2. The third kappa shape index (κ3) is 6.47. The number of hydrogen-bond donors (Lipinski definition) is 2. The number of carbonyl (C=O) groups excluding carboxylic acids is 2. The molecule has 25 heavy (non-hydrogen) atoms. The Hall–Kier alpha value is -2.53. The number of nitrogen functional groups attached to an aromatic ring is 1. The number of anilines is 2.